The van der Waals surface area contributed by atoms with Gasteiger partial charge in [-0.1, -0.05) is 0 Å². The second-order valence-electron chi connectivity index (χ2n) is 6.62. The van der Waals surface area contributed by atoms with E-state index in [0.29, 0.717) is 12.0 Å². The largest absolute Gasteiger partial charge is 0.395 e. The summed E-state index contributed by atoms with van der Waals surface area (Å²) in [6.45, 7) is 4.27. The fourth-order valence-electron chi connectivity index (χ4n) is 3.76. The molecule has 1 saturated heterocycles. The first-order valence-electron chi connectivity index (χ1n) is 7.74. The van der Waals surface area contributed by atoms with Crippen LogP contribution in [0.3, 0.4) is 0 Å². The minimum atomic E-state index is 0.237. The predicted octanol–water partition coefficient (Wildman–Crippen LogP) is 1.80. The summed E-state index contributed by atoms with van der Waals surface area (Å²) in [5.74, 6) is 3.42. The van der Waals surface area contributed by atoms with E-state index in [1.54, 1.807) is 0 Å². The molecule has 0 aromatic heterocycles. The molecule has 1 heterocycles. The fourth-order valence-corrected chi connectivity index (χ4v) is 3.76. The zero-order valence-corrected chi connectivity index (χ0v) is 11.5. The second-order valence-corrected chi connectivity index (χ2v) is 6.62. The van der Waals surface area contributed by atoms with E-state index >= 15 is 0 Å². The van der Waals surface area contributed by atoms with Gasteiger partial charge in [0, 0.05) is 18.7 Å². The van der Waals surface area contributed by atoms with Gasteiger partial charge < -0.3 is 15.2 Å². The molecule has 0 amide bonds. The van der Waals surface area contributed by atoms with Crippen LogP contribution >= 0.6 is 0 Å². The molecule has 3 aliphatic rings. The fraction of sp³-hybridized carbons (Fsp3) is 1.00. The maximum absolute atomic E-state index is 9.60. The normalized spacial score (nSPS) is 39.3. The quantitative estimate of drug-likeness (QED) is 0.758. The van der Waals surface area contributed by atoms with Gasteiger partial charge in [-0.2, -0.15) is 0 Å². The average molecular weight is 253 g/mol. The highest BCUT2D eigenvalue weighted by atomic mass is 16.5. The zero-order valence-electron chi connectivity index (χ0n) is 11.5. The summed E-state index contributed by atoms with van der Waals surface area (Å²) < 4.78 is 5.54. The lowest BCUT2D eigenvalue weighted by Gasteiger charge is -2.32. The molecular formula is C15H27NO2. The first-order valence-corrected chi connectivity index (χ1v) is 7.74. The van der Waals surface area contributed by atoms with Gasteiger partial charge in [-0.15, -0.1) is 0 Å². The number of hydrogen-bond donors (Lipinski definition) is 2. The minimum Gasteiger partial charge on any atom is -0.395 e. The van der Waals surface area contributed by atoms with Gasteiger partial charge in [0.25, 0.3) is 0 Å². The van der Waals surface area contributed by atoms with Crippen molar-refractivity contribution in [2.45, 2.75) is 51.1 Å². The summed E-state index contributed by atoms with van der Waals surface area (Å²) in [5, 5.41) is 13.3. The monoisotopic (exact) mass is 253 g/mol. The lowest BCUT2D eigenvalue weighted by Crippen LogP contribution is -2.47. The molecule has 2 N–H and O–H groups in total. The molecule has 2 aliphatic carbocycles. The first-order chi connectivity index (χ1) is 8.79. The number of nitrogens with one attached hydrogen (secondary N) is 1. The molecule has 5 atom stereocenters. The van der Waals surface area contributed by atoms with Crippen molar-refractivity contribution < 1.29 is 9.84 Å². The molecule has 2 saturated carbocycles. The number of rotatable bonds is 6. The van der Waals surface area contributed by atoms with Gasteiger partial charge in [-0.3, -0.25) is 0 Å². The van der Waals surface area contributed by atoms with Crippen LogP contribution in [0.2, 0.25) is 0 Å². The third-order valence-corrected chi connectivity index (χ3v) is 5.20. The third kappa shape index (κ3) is 2.89. The summed E-state index contributed by atoms with van der Waals surface area (Å²) >= 11 is 0. The highest BCUT2D eigenvalue weighted by Gasteiger charge is 2.49. The lowest BCUT2D eigenvalue weighted by molar-refractivity contribution is 0.0255. The van der Waals surface area contributed by atoms with Crippen molar-refractivity contribution in [3.63, 3.8) is 0 Å². The summed E-state index contributed by atoms with van der Waals surface area (Å²) in [6.07, 6.45) is 6.69. The Morgan fingerprint density at radius 1 is 1.33 bits per heavy atom. The van der Waals surface area contributed by atoms with Crippen molar-refractivity contribution >= 4 is 0 Å². The van der Waals surface area contributed by atoms with Crippen LogP contribution in [0.4, 0.5) is 0 Å². The average Bonchev–Trinajstić information content (AvgIpc) is 3.28. The van der Waals surface area contributed by atoms with Gasteiger partial charge in [-0.25, -0.2) is 0 Å². The van der Waals surface area contributed by atoms with Crippen molar-refractivity contribution in [3.8, 4) is 0 Å². The lowest BCUT2D eigenvalue weighted by atomic mass is 9.93. The van der Waals surface area contributed by atoms with E-state index in [1.807, 2.05) is 0 Å². The molecule has 3 heteroatoms. The SMILES string of the molecule is CC(NC(CO)C1CCCOC1)[C@@H]1C[C@H]1C1CC1. The van der Waals surface area contributed by atoms with Crippen LogP contribution in [-0.2, 0) is 4.74 Å². The summed E-state index contributed by atoms with van der Waals surface area (Å²) in [6, 6.07) is 0.801. The smallest absolute Gasteiger partial charge is 0.0588 e. The van der Waals surface area contributed by atoms with Gasteiger partial charge >= 0.3 is 0 Å². The second kappa shape index (κ2) is 5.48. The Bertz CT molecular complexity index is 274. The van der Waals surface area contributed by atoms with E-state index in [0.717, 1.165) is 37.4 Å². The number of aliphatic hydroxyl groups is 1. The Morgan fingerprint density at radius 3 is 2.78 bits per heavy atom. The van der Waals surface area contributed by atoms with Crippen molar-refractivity contribution in [1.82, 2.24) is 5.32 Å². The van der Waals surface area contributed by atoms with Gasteiger partial charge in [0.15, 0.2) is 0 Å². The number of ether oxygens (including phenoxy) is 1. The zero-order chi connectivity index (χ0) is 12.5. The Kier molecular flexibility index (Phi) is 3.92. The minimum absolute atomic E-state index is 0.237. The molecule has 3 unspecified atom stereocenters. The summed E-state index contributed by atoms with van der Waals surface area (Å²) in [4.78, 5) is 0. The third-order valence-electron chi connectivity index (χ3n) is 5.20. The van der Waals surface area contributed by atoms with Crippen molar-refractivity contribution in [3.05, 3.63) is 0 Å². The maximum atomic E-state index is 9.60. The molecule has 0 radical (unpaired) electrons. The van der Waals surface area contributed by atoms with Crippen LogP contribution in [0, 0.1) is 23.7 Å². The van der Waals surface area contributed by atoms with E-state index in [1.165, 1.54) is 25.7 Å². The number of aliphatic hydroxyl groups excluding tert-OH is 1. The maximum Gasteiger partial charge on any atom is 0.0588 e. The van der Waals surface area contributed by atoms with Crippen LogP contribution in [0.1, 0.15) is 39.0 Å². The van der Waals surface area contributed by atoms with E-state index in [2.05, 4.69) is 12.2 Å². The molecule has 1 aliphatic heterocycles. The standard InChI is InChI=1S/C15H27NO2/c1-10(13-7-14(13)11-4-5-11)16-15(8-17)12-3-2-6-18-9-12/h10-17H,2-9H2,1H3/t10?,12?,13-,14-,15?/m0/s1. The van der Waals surface area contributed by atoms with Crippen molar-refractivity contribution in [2.24, 2.45) is 23.7 Å². The Hall–Kier alpha value is -0.120. The molecule has 0 bridgehead atoms. The van der Waals surface area contributed by atoms with Gasteiger partial charge in [0.2, 0.25) is 0 Å². The van der Waals surface area contributed by atoms with Crippen LogP contribution in [0.5, 0.6) is 0 Å². The van der Waals surface area contributed by atoms with E-state index < -0.39 is 0 Å². The molecule has 0 aromatic rings. The highest BCUT2D eigenvalue weighted by Crippen LogP contribution is 2.55. The molecule has 104 valence electrons. The van der Waals surface area contributed by atoms with Crippen LogP contribution in [0.25, 0.3) is 0 Å². The Morgan fingerprint density at radius 2 is 2.17 bits per heavy atom. The molecular weight excluding hydrogens is 226 g/mol. The van der Waals surface area contributed by atoms with E-state index in [4.69, 9.17) is 4.74 Å². The molecule has 3 rings (SSSR count). The van der Waals surface area contributed by atoms with E-state index in [-0.39, 0.29) is 12.6 Å². The van der Waals surface area contributed by atoms with Crippen molar-refractivity contribution in [1.29, 1.82) is 0 Å². The molecule has 3 fully saturated rings. The number of hydrogen-bond acceptors (Lipinski definition) is 3. The molecule has 18 heavy (non-hydrogen) atoms. The molecule has 0 spiro atoms. The summed E-state index contributed by atoms with van der Waals surface area (Å²) in [5.41, 5.74) is 0. The predicted molar refractivity (Wildman–Crippen MR) is 71.3 cm³/mol. The first kappa shape index (κ1) is 12.9. The van der Waals surface area contributed by atoms with Gasteiger partial charge in [0.05, 0.1) is 13.2 Å². The summed E-state index contributed by atoms with van der Waals surface area (Å²) in [7, 11) is 0. The highest BCUT2D eigenvalue weighted by molar-refractivity contribution is 5.01. The van der Waals surface area contributed by atoms with Crippen molar-refractivity contribution in [2.75, 3.05) is 19.8 Å². The van der Waals surface area contributed by atoms with Gasteiger partial charge in [-0.05, 0) is 62.7 Å². The topological polar surface area (TPSA) is 41.5 Å². The van der Waals surface area contributed by atoms with Crippen LogP contribution < -0.4 is 5.32 Å². The van der Waals surface area contributed by atoms with Gasteiger partial charge in [0.1, 0.15) is 0 Å². The Labute approximate surface area is 110 Å². The van der Waals surface area contributed by atoms with Crippen LogP contribution in [0.15, 0.2) is 0 Å². The molecule has 0 aromatic carbocycles. The molecule has 3 nitrogen and oxygen atoms in total. The van der Waals surface area contributed by atoms with E-state index in [9.17, 15) is 5.11 Å². The Balaban J connectivity index is 1.46. The van der Waals surface area contributed by atoms with Crippen LogP contribution in [-0.4, -0.2) is 37.0 Å².